The standard InChI is InChI=1S/C22H24N3O4/c1-3-18-20(29-22(26)17-12-8-5-9-13-17)21(19(24-25-23)15(2)28-18)27-14-16-10-6-4-7-11-16/h4-13,15,19-21H,3,14H2,1-2H3/t15-,19-,20-,21+/m1/s1. The molecule has 7 heteroatoms. The summed E-state index contributed by atoms with van der Waals surface area (Å²) in [6, 6.07) is 17.8. The predicted octanol–water partition coefficient (Wildman–Crippen LogP) is 4.84. The zero-order valence-electron chi connectivity index (χ0n) is 16.5. The maximum absolute atomic E-state index is 12.7. The molecule has 0 amide bonds. The summed E-state index contributed by atoms with van der Waals surface area (Å²) >= 11 is 0. The Labute approximate surface area is 170 Å². The first-order chi connectivity index (χ1) is 14.1. The van der Waals surface area contributed by atoms with E-state index in [2.05, 4.69) is 10.0 Å². The number of carbonyl (C=O) groups excluding carboxylic acids is 1. The molecule has 0 N–H and O–H groups in total. The van der Waals surface area contributed by atoms with E-state index in [-0.39, 0.29) is 0 Å². The van der Waals surface area contributed by atoms with Gasteiger partial charge in [0.1, 0.15) is 12.2 Å². The van der Waals surface area contributed by atoms with Crippen LogP contribution in [0.3, 0.4) is 0 Å². The Bertz CT molecular complexity index is 840. The van der Waals surface area contributed by atoms with E-state index in [4.69, 9.17) is 19.7 Å². The van der Waals surface area contributed by atoms with Crippen molar-refractivity contribution < 1.29 is 19.0 Å². The van der Waals surface area contributed by atoms with Crippen molar-refractivity contribution in [3.63, 3.8) is 0 Å². The number of ether oxygens (including phenoxy) is 3. The lowest BCUT2D eigenvalue weighted by Crippen LogP contribution is -2.55. The number of carbonyl (C=O) groups is 1. The van der Waals surface area contributed by atoms with E-state index in [1.165, 1.54) is 0 Å². The smallest absolute Gasteiger partial charge is 0.338 e. The van der Waals surface area contributed by atoms with Crippen molar-refractivity contribution in [1.82, 2.24) is 0 Å². The molecule has 29 heavy (non-hydrogen) atoms. The van der Waals surface area contributed by atoms with E-state index >= 15 is 0 Å². The summed E-state index contributed by atoms with van der Waals surface area (Å²) < 4.78 is 17.9. The largest absolute Gasteiger partial charge is 0.453 e. The molecule has 0 saturated carbocycles. The van der Waals surface area contributed by atoms with Gasteiger partial charge in [-0.15, -0.1) is 0 Å². The highest BCUT2D eigenvalue weighted by Crippen LogP contribution is 2.35. The van der Waals surface area contributed by atoms with Crippen LogP contribution < -0.4 is 0 Å². The maximum Gasteiger partial charge on any atom is 0.338 e. The van der Waals surface area contributed by atoms with Crippen LogP contribution in [0.2, 0.25) is 0 Å². The van der Waals surface area contributed by atoms with Gasteiger partial charge in [-0.3, -0.25) is 0 Å². The summed E-state index contributed by atoms with van der Waals surface area (Å²) in [6.07, 6.45) is -0.677. The predicted molar refractivity (Wildman–Crippen MR) is 108 cm³/mol. The number of hydrogen-bond donors (Lipinski definition) is 0. The van der Waals surface area contributed by atoms with Gasteiger partial charge in [0, 0.05) is 4.91 Å². The molecule has 4 atom stereocenters. The normalized spacial score (nSPS) is 24.5. The molecule has 151 valence electrons. The molecule has 2 aromatic rings. The molecule has 1 fully saturated rings. The molecule has 1 heterocycles. The fraction of sp³-hybridized carbons (Fsp3) is 0.364. The fourth-order valence-corrected chi connectivity index (χ4v) is 3.35. The highest BCUT2D eigenvalue weighted by Gasteiger charge is 2.47. The first kappa shape index (κ1) is 20.9. The van der Waals surface area contributed by atoms with E-state index in [0.717, 1.165) is 5.56 Å². The highest BCUT2D eigenvalue weighted by molar-refractivity contribution is 5.89. The van der Waals surface area contributed by atoms with Crippen LogP contribution >= 0.6 is 0 Å². The number of esters is 1. The molecular formula is C22H24N3O4. The average Bonchev–Trinajstić information content (AvgIpc) is 2.76. The molecule has 0 aliphatic carbocycles. The van der Waals surface area contributed by atoms with Gasteiger partial charge in [-0.05, 0) is 36.6 Å². The summed E-state index contributed by atoms with van der Waals surface area (Å²) in [5.41, 5.74) is 10.4. The quantitative estimate of drug-likeness (QED) is 0.291. The van der Waals surface area contributed by atoms with Crippen LogP contribution in [0.1, 0.15) is 36.2 Å². The zero-order chi connectivity index (χ0) is 20.6. The maximum atomic E-state index is 12.7. The second kappa shape index (κ2) is 10.1. The van der Waals surface area contributed by atoms with Crippen LogP contribution in [0.5, 0.6) is 0 Å². The zero-order valence-corrected chi connectivity index (χ0v) is 16.5. The van der Waals surface area contributed by atoms with E-state index in [1.54, 1.807) is 24.3 Å². The van der Waals surface area contributed by atoms with Crippen molar-refractivity contribution >= 4 is 5.97 Å². The minimum Gasteiger partial charge on any atom is -0.453 e. The summed E-state index contributed by atoms with van der Waals surface area (Å²) in [7, 11) is 0. The SMILES string of the molecule is CC[C]1O[C@H](C)[C@@H](N=[N+]=[N-])[C@H](OCc2ccccc2)[C@@H]1OC(=O)c1ccccc1. The summed E-state index contributed by atoms with van der Waals surface area (Å²) in [5, 5.41) is 3.88. The Balaban J connectivity index is 1.85. The number of benzene rings is 2. The van der Waals surface area contributed by atoms with E-state index in [0.29, 0.717) is 24.7 Å². The van der Waals surface area contributed by atoms with Crippen molar-refractivity contribution in [3.05, 3.63) is 88.3 Å². The Morgan fingerprint density at radius 3 is 2.41 bits per heavy atom. The second-order valence-corrected chi connectivity index (χ2v) is 6.79. The third kappa shape index (κ3) is 5.15. The average molecular weight is 394 g/mol. The molecule has 1 saturated heterocycles. The van der Waals surface area contributed by atoms with Crippen molar-refractivity contribution in [3.8, 4) is 0 Å². The molecule has 1 aliphatic heterocycles. The van der Waals surface area contributed by atoms with Gasteiger partial charge in [-0.2, -0.15) is 0 Å². The first-order valence-electron chi connectivity index (χ1n) is 9.62. The van der Waals surface area contributed by atoms with Gasteiger partial charge < -0.3 is 14.2 Å². The van der Waals surface area contributed by atoms with Gasteiger partial charge in [0.15, 0.2) is 6.10 Å². The fourth-order valence-electron chi connectivity index (χ4n) is 3.35. The van der Waals surface area contributed by atoms with Crippen molar-refractivity contribution in [2.24, 2.45) is 5.11 Å². The van der Waals surface area contributed by atoms with Gasteiger partial charge in [0.25, 0.3) is 0 Å². The van der Waals surface area contributed by atoms with Crippen LogP contribution in [0.4, 0.5) is 0 Å². The Morgan fingerprint density at radius 1 is 1.14 bits per heavy atom. The molecule has 0 unspecified atom stereocenters. The monoisotopic (exact) mass is 394 g/mol. The minimum atomic E-state index is -0.775. The molecular weight excluding hydrogens is 370 g/mol. The van der Waals surface area contributed by atoms with E-state index < -0.39 is 30.3 Å². The molecule has 7 nitrogen and oxygen atoms in total. The van der Waals surface area contributed by atoms with Crippen LogP contribution in [0.25, 0.3) is 10.4 Å². The number of hydrogen-bond acceptors (Lipinski definition) is 5. The summed E-state index contributed by atoms with van der Waals surface area (Å²) in [6.45, 7) is 4.04. The van der Waals surface area contributed by atoms with Crippen molar-refractivity contribution in [2.75, 3.05) is 0 Å². The molecule has 0 spiro atoms. The lowest BCUT2D eigenvalue weighted by Gasteiger charge is -2.42. The Hall–Kier alpha value is -2.86. The number of nitrogens with zero attached hydrogens (tertiary/aromatic N) is 3. The summed E-state index contributed by atoms with van der Waals surface area (Å²) in [5.74, 6) is -0.479. The third-order valence-electron chi connectivity index (χ3n) is 4.83. The van der Waals surface area contributed by atoms with Gasteiger partial charge in [0.2, 0.25) is 0 Å². The van der Waals surface area contributed by atoms with E-state index in [9.17, 15) is 4.79 Å². The van der Waals surface area contributed by atoms with Crippen molar-refractivity contribution in [1.29, 1.82) is 0 Å². The van der Waals surface area contributed by atoms with Crippen LogP contribution in [-0.2, 0) is 20.8 Å². The Morgan fingerprint density at radius 2 is 1.79 bits per heavy atom. The molecule has 1 aliphatic rings. The van der Waals surface area contributed by atoms with Gasteiger partial charge in [0.05, 0.1) is 24.3 Å². The van der Waals surface area contributed by atoms with Crippen molar-refractivity contribution in [2.45, 2.75) is 51.2 Å². The lowest BCUT2D eigenvalue weighted by atomic mass is 9.92. The second-order valence-electron chi connectivity index (χ2n) is 6.79. The summed E-state index contributed by atoms with van der Waals surface area (Å²) in [4.78, 5) is 15.6. The van der Waals surface area contributed by atoms with Gasteiger partial charge in [-0.1, -0.05) is 60.6 Å². The first-order valence-corrected chi connectivity index (χ1v) is 9.62. The minimum absolute atomic E-state index is 0.298. The third-order valence-corrected chi connectivity index (χ3v) is 4.83. The molecule has 0 bridgehead atoms. The topological polar surface area (TPSA) is 93.5 Å². The van der Waals surface area contributed by atoms with Gasteiger partial charge in [-0.25, -0.2) is 4.79 Å². The van der Waals surface area contributed by atoms with Gasteiger partial charge >= 0.3 is 5.97 Å². The molecule has 2 aromatic carbocycles. The van der Waals surface area contributed by atoms with Crippen LogP contribution in [0, 0.1) is 6.10 Å². The highest BCUT2D eigenvalue weighted by atomic mass is 16.6. The lowest BCUT2D eigenvalue weighted by molar-refractivity contribution is -0.152. The molecule has 0 aromatic heterocycles. The number of rotatable bonds is 7. The van der Waals surface area contributed by atoms with Crippen LogP contribution in [0.15, 0.2) is 65.8 Å². The number of azide groups is 1. The molecule has 1 radical (unpaired) electrons. The molecule has 3 rings (SSSR count). The van der Waals surface area contributed by atoms with Crippen LogP contribution in [-0.4, -0.2) is 30.3 Å². The van der Waals surface area contributed by atoms with E-state index in [1.807, 2.05) is 50.2 Å². The Kier molecular flexibility index (Phi) is 7.25.